The Morgan fingerprint density at radius 3 is 2.40 bits per heavy atom. The highest BCUT2D eigenvalue weighted by molar-refractivity contribution is 5.73. The molecule has 1 rings (SSSR count). The van der Waals surface area contributed by atoms with Gasteiger partial charge in [0.2, 0.25) is 0 Å². The van der Waals surface area contributed by atoms with Crippen LogP contribution in [0.15, 0.2) is 24.3 Å². The van der Waals surface area contributed by atoms with E-state index in [1.165, 1.54) is 0 Å². The summed E-state index contributed by atoms with van der Waals surface area (Å²) in [6.07, 6.45) is 2.47. The maximum Gasteiger partial charge on any atom is 0.320 e. The predicted molar refractivity (Wildman–Crippen MR) is 80.1 cm³/mol. The Morgan fingerprint density at radius 1 is 1.25 bits per heavy atom. The van der Waals surface area contributed by atoms with Crippen LogP contribution in [0.4, 0.5) is 0 Å². The third-order valence-corrected chi connectivity index (χ3v) is 3.18. The lowest BCUT2D eigenvalue weighted by molar-refractivity contribution is -0.139. The van der Waals surface area contributed by atoms with Gasteiger partial charge in [0.25, 0.3) is 0 Å². The Balaban J connectivity index is 2.62. The summed E-state index contributed by atoms with van der Waals surface area (Å²) in [5.74, 6) is 0.0627. The lowest BCUT2D eigenvalue weighted by atomic mass is 10.1. The molecule has 20 heavy (non-hydrogen) atoms. The molecule has 0 fully saturated rings. The molecule has 2 N–H and O–H groups in total. The van der Waals surface area contributed by atoms with Gasteiger partial charge in [-0.3, -0.25) is 10.1 Å². The van der Waals surface area contributed by atoms with Crippen molar-refractivity contribution >= 4 is 5.97 Å². The van der Waals surface area contributed by atoms with Crippen LogP contribution in [-0.4, -0.2) is 23.7 Å². The van der Waals surface area contributed by atoms with Crippen molar-refractivity contribution in [1.82, 2.24) is 5.32 Å². The maximum absolute atomic E-state index is 11.1. The first-order chi connectivity index (χ1) is 9.58. The fraction of sp³-hybridized carbons (Fsp3) is 0.562. The second-order valence-corrected chi connectivity index (χ2v) is 4.99. The summed E-state index contributed by atoms with van der Waals surface area (Å²) < 4.78 is 5.53. The molecule has 0 heterocycles. The van der Waals surface area contributed by atoms with Gasteiger partial charge in [-0.05, 0) is 37.5 Å². The minimum atomic E-state index is -0.790. The third kappa shape index (κ3) is 5.21. The molecular formula is C16H25NO3. The minimum absolute atomic E-state index is 0.00266. The molecule has 2 unspecified atom stereocenters. The summed E-state index contributed by atoms with van der Waals surface area (Å²) in [7, 11) is 0. The van der Waals surface area contributed by atoms with Gasteiger partial charge in [-0.2, -0.15) is 0 Å². The second kappa shape index (κ2) is 8.59. The van der Waals surface area contributed by atoms with Crippen LogP contribution < -0.4 is 10.1 Å². The van der Waals surface area contributed by atoms with Gasteiger partial charge in [0.15, 0.2) is 0 Å². The van der Waals surface area contributed by atoms with E-state index in [4.69, 9.17) is 9.84 Å². The summed E-state index contributed by atoms with van der Waals surface area (Å²) in [6, 6.07) is 7.33. The molecule has 0 saturated heterocycles. The van der Waals surface area contributed by atoms with Crippen molar-refractivity contribution in [2.45, 2.75) is 52.1 Å². The number of hydrogen-bond donors (Lipinski definition) is 2. The number of carbonyl (C=O) groups is 1. The highest BCUT2D eigenvalue weighted by Gasteiger charge is 2.19. The van der Waals surface area contributed by atoms with Crippen LogP contribution >= 0.6 is 0 Å². The smallest absolute Gasteiger partial charge is 0.320 e. The molecule has 0 aliphatic rings. The Bertz CT molecular complexity index is 403. The molecule has 1 aromatic carbocycles. The SMILES string of the molecule is CCCOc1ccc(C(C)NC(CCC)C(=O)O)cc1. The lowest BCUT2D eigenvalue weighted by Gasteiger charge is -2.20. The Hall–Kier alpha value is -1.55. The molecule has 0 saturated carbocycles. The number of nitrogens with one attached hydrogen (secondary N) is 1. The zero-order chi connectivity index (χ0) is 15.0. The van der Waals surface area contributed by atoms with E-state index in [1.807, 2.05) is 38.1 Å². The molecule has 4 heteroatoms. The van der Waals surface area contributed by atoms with Crippen LogP contribution in [0.25, 0.3) is 0 Å². The van der Waals surface area contributed by atoms with Crippen LogP contribution in [0.5, 0.6) is 5.75 Å². The van der Waals surface area contributed by atoms with Crippen molar-refractivity contribution in [1.29, 1.82) is 0 Å². The van der Waals surface area contributed by atoms with Crippen LogP contribution in [0.2, 0.25) is 0 Å². The summed E-state index contributed by atoms with van der Waals surface area (Å²) in [4.78, 5) is 11.1. The minimum Gasteiger partial charge on any atom is -0.494 e. The van der Waals surface area contributed by atoms with E-state index >= 15 is 0 Å². The molecule has 0 aliphatic carbocycles. The van der Waals surface area contributed by atoms with E-state index in [0.717, 1.165) is 24.2 Å². The van der Waals surface area contributed by atoms with Crippen LogP contribution in [-0.2, 0) is 4.79 Å². The van der Waals surface area contributed by atoms with Crippen molar-refractivity contribution in [3.05, 3.63) is 29.8 Å². The number of hydrogen-bond acceptors (Lipinski definition) is 3. The third-order valence-electron chi connectivity index (χ3n) is 3.18. The number of carboxylic acids is 1. The van der Waals surface area contributed by atoms with Gasteiger partial charge >= 0.3 is 5.97 Å². The number of carboxylic acid groups (broad SMARTS) is 1. The molecule has 4 nitrogen and oxygen atoms in total. The van der Waals surface area contributed by atoms with Gasteiger partial charge in [0.1, 0.15) is 11.8 Å². The Morgan fingerprint density at radius 2 is 1.90 bits per heavy atom. The topological polar surface area (TPSA) is 58.6 Å². The molecule has 1 aromatic rings. The van der Waals surface area contributed by atoms with Crippen molar-refractivity contribution in [3.63, 3.8) is 0 Å². The quantitative estimate of drug-likeness (QED) is 0.727. The van der Waals surface area contributed by atoms with E-state index in [-0.39, 0.29) is 6.04 Å². The molecule has 0 amide bonds. The molecule has 0 spiro atoms. The van der Waals surface area contributed by atoms with Gasteiger partial charge in [0.05, 0.1) is 6.61 Å². The summed E-state index contributed by atoms with van der Waals surface area (Å²) >= 11 is 0. The van der Waals surface area contributed by atoms with Gasteiger partial charge < -0.3 is 9.84 Å². The van der Waals surface area contributed by atoms with E-state index in [9.17, 15) is 4.79 Å². The van der Waals surface area contributed by atoms with Crippen molar-refractivity contribution < 1.29 is 14.6 Å². The summed E-state index contributed by atoms with van der Waals surface area (Å²) in [5.41, 5.74) is 1.07. The van der Waals surface area contributed by atoms with Crippen molar-refractivity contribution in [2.24, 2.45) is 0 Å². The van der Waals surface area contributed by atoms with Gasteiger partial charge in [-0.25, -0.2) is 0 Å². The lowest BCUT2D eigenvalue weighted by Crippen LogP contribution is -2.38. The standard InChI is InChI=1S/C16H25NO3/c1-4-6-15(16(18)19)17-12(3)13-7-9-14(10-8-13)20-11-5-2/h7-10,12,15,17H,4-6,11H2,1-3H3,(H,18,19). The molecule has 0 radical (unpaired) electrons. The zero-order valence-electron chi connectivity index (χ0n) is 12.6. The second-order valence-electron chi connectivity index (χ2n) is 4.99. The van der Waals surface area contributed by atoms with Crippen LogP contribution in [0.1, 0.15) is 51.6 Å². The average molecular weight is 279 g/mol. The average Bonchev–Trinajstić information content (AvgIpc) is 2.45. The van der Waals surface area contributed by atoms with Crippen LogP contribution in [0, 0.1) is 0 Å². The molecule has 2 atom stereocenters. The van der Waals surface area contributed by atoms with E-state index in [1.54, 1.807) is 0 Å². The normalized spacial score (nSPS) is 13.8. The highest BCUT2D eigenvalue weighted by atomic mass is 16.5. The number of ether oxygens (including phenoxy) is 1. The van der Waals surface area contributed by atoms with E-state index in [2.05, 4.69) is 12.2 Å². The monoisotopic (exact) mass is 279 g/mol. The summed E-state index contributed by atoms with van der Waals surface area (Å²) in [5, 5.41) is 12.3. The van der Waals surface area contributed by atoms with Gasteiger partial charge in [-0.1, -0.05) is 32.4 Å². The van der Waals surface area contributed by atoms with Crippen molar-refractivity contribution in [2.75, 3.05) is 6.61 Å². The van der Waals surface area contributed by atoms with Gasteiger partial charge in [-0.15, -0.1) is 0 Å². The fourth-order valence-electron chi connectivity index (χ4n) is 2.04. The molecule has 0 bridgehead atoms. The molecule has 0 aliphatic heterocycles. The van der Waals surface area contributed by atoms with E-state index in [0.29, 0.717) is 13.0 Å². The first-order valence-corrected chi connectivity index (χ1v) is 7.30. The Labute approximate surface area is 121 Å². The number of benzene rings is 1. The van der Waals surface area contributed by atoms with Gasteiger partial charge in [0, 0.05) is 6.04 Å². The first kappa shape index (κ1) is 16.5. The number of rotatable bonds is 9. The van der Waals surface area contributed by atoms with Crippen molar-refractivity contribution in [3.8, 4) is 5.75 Å². The maximum atomic E-state index is 11.1. The fourth-order valence-corrected chi connectivity index (χ4v) is 2.04. The zero-order valence-corrected chi connectivity index (χ0v) is 12.6. The highest BCUT2D eigenvalue weighted by Crippen LogP contribution is 2.18. The molecule has 0 aromatic heterocycles. The first-order valence-electron chi connectivity index (χ1n) is 7.30. The largest absolute Gasteiger partial charge is 0.494 e. The molecular weight excluding hydrogens is 254 g/mol. The van der Waals surface area contributed by atoms with E-state index < -0.39 is 12.0 Å². The van der Waals surface area contributed by atoms with Crippen LogP contribution in [0.3, 0.4) is 0 Å². The predicted octanol–water partition coefficient (Wildman–Crippen LogP) is 3.38. The summed E-state index contributed by atoms with van der Waals surface area (Å²) in [6.45, 7) is 6.75. The molecule has 112 valence electrons. The Kier molecular flexibility index (Phi) is 7.09. The number of aliphatic carboxylic acids is 1.